The van der Waals surface area contributed by atoms with Gasteiger partial charge in [-0.3, -0.25) is 19.3 Å². The molecule has 0 aliphatic carbocycles. The molecule has 0 saturated heterocycles. The zero-order valence-electron chi connectivity index (χ0n) is 16.0. The molecular formula is C23H17BrN2O4. The summed E-state index contributed by atoms with van der Waals surface area (Å²) in [5.41, 5.74) is 2.38. The van der Waals surface area contributed by atoms with Gasteiger partial charge in [-0.1, -0.05) is 34.1 Å². The molecule has 6 nitrogen and oxygen atoms in total. The van der Waals surface area contributed by atoms with Crippen molar-refractivity contribution in [3.05, 3.63) is 93.5 Å². The van der Waals surface area contributed by atoms with Crippen LogP contribution in [0.2, 0.25) is 0 Å². The smallest absolute Gasteiger partial charge is 0.261 e. The monoisotopic (exact) mass is 464 g/mol. The lowest BCUT2D eigenvalue weighted by Crippen LogP contribution is -2.29. The summed E-state index contributed by atoms with van der Waals surface area (Å²) < 4.78 is 6.23. The largest absolute Gasteiger partial charge is 0.496 e. The lowest BCUT2D eigenvalue weighted by Gasteiger charge is -2.16. The van der Waals surface area contributed by atoms with E-state index in [9.17, 15) is 14.4 Å². The molecule has 0 fully saturated rings. The van der Waals surface area contributed by atoms with Crippen LogP contribution < -0.4 is 10.1 Å². The summed E-state index contributed by atoms with van der Waals surface area (Å²) >= 11 is 3.36. The summed E-state index contributed by atoms with van der Waals surface area (Å²) in [6.07, 6.45) is 0. The quantitative estimate of drug-likeness (QED) is 0.563. The molecule has 30 heavy (non-hydrogen) atoms. The number of nitrogens with zero attached hydrogens (tertiary/aromatic N) is 1. The fourth-order valence-electron chi connectivity index (χ4n) is 3.33. The Bertz CT molecular complexity index is 1120. The van der Waals surface area contributed by atoms with E-state index in [-0.39, 0.29) is 24.3 Å². The van der Waals surface area contributed by atoms with Crippen LogP contribution in [0.5, 0.6) is 5.75 Å². The lowest BCUT2D eigenvalue weighted by molar-refractivity contribution is 0.0642. The van der Waals surface area contributed by atoms with Crippen LogP contribution in [0.3, 0.4) is 0 Å². The van der Waals surface area contributed by atoms with Crippen molar-refractivity contribution in [2.24, 2.45) is 0 Å². The predicted molar refractivity (Wildman–Crippen MR) is 116 cm³/mol. The number of rotatable bonds is 5. The van der Waals surface area contributed by atoms with E-state index in [4.69, 9.17) is 4.74 Å². The van der Waals surface area contributed by atoms with Crippen molar-refractivity contribution < 1.29 is 19.1 Å². The topological polar surface area (TPSA) is 75.7 Å². The Hall–Kier alpha value is -3.45. The van der Waals surface area contributed by atoms with E-state index in [1.54, 1.807) is 54.6 Å². The molecule has 0 saturated carbocycles. The van der Waals surface area contributed by atoms with Crippen LogP contribution in [0.4, 0.5) is 5.69 Å². The minimum Gasteiger partial charge on any atom is -0.496 e. The summed E-state index contributed by atoms with van der Waals surface area (Å²) in [7, 11) is 1.48. The molecule has 1 N–H and O–H groups in total. The molecule has 150 valence electrons. The van der Waals surface area contributed by atoms with Crippen molar-refractivity contribution in [2.75, 3.05) is 12.4 Å². The van der Waals surface area contributed by atoms with Crippen molar-refractivity contribution >= 4 is 39.3 Å². The van der Waals surface area contributed by atoms with Gasteiger partial charge in [0.25, 0.3) is 17.7 Å². The Morgan fingerprint density at radius 2 is 1.60 bits per heavy atom. The fraction of sp³-hybridized carbons (Fsp3) is 0.0870. The van der Waals surface area contributed by atoms with Crippen LogP contribution in [0.15, 0.2) is 71.2 Å². The number of anilines is 1. The summed E-state index contributed by atoms with van der Waals surface area (Å²) in [6, 6.07) is 19.0. The zero-order chi connectivity index (χ0) is 21.3. The normalized spacial score (nSPS) is 12.7. The number of benzene rings is 3. The van der Waals surface area contributed by atoms with E-state index in [2.05, 4.69) is 21.2 Å². The lowest BCUT2D eigenvalue weighted by atomic mass is 10.1. The van der Waals surface area contributed by atoms with Gasteiger partial charge in [0, 0.05) is 10.2 Å². The number of ether oxygens (including phenoxy) is 1. The first-order valence-corrected chi connectivity index (χ1v) is 9.96. The van der Waals surface area contributed by atoms with E-state index in [1.807, 2.05) is 12.1 Å². The van der Waals surface area contributed by atoms with Gasteiger partial charge in [0.05, 0.1) is 30.3 Å². The number of imide groups is 1. The number of hydrogen-bond acceptors (Lipinski definition) is 4. The third kappa shape index (κ3) is 3.71. The molecule has 0 bridgehead atoms. The summed E-state index contributed by atoms with van der Waals surface area (Å²) in [5.74, 6) is -0.631. The molecule has 3 aromatic carbocycles. The number of methoxy groups -OCH3 is 1. The van der Waals surface area contributed by atoms with Gasteiger partial charge in [0.15, 0.2) is 0 Å². The van der Waals surface area contributed by atoms with E-state index in [0.29, 0.717) is 33.7 Å². The Balaban J connectivity index is 1.59. The molecule has 0 atom stereocenters. The first kappa shape index (κ1) is 19.8. The van der Waals surface area contributed by atoms with Crippen molar-refractivity contribution in [1.82, 2.24) is 4.90 Å². The van der Waals surface area contributed by atoms with Crippen molar-refractivity contribution in [3.63, 3.8) is 0 Å². The average Bonchev–Trinajstić information content (AvgIpc) is 3.00. The van der Waals surface area contributed by atoms with Crippen LogP contribution in [0.1, 0.15) is 36.6 Å². The van der Waals surface area contributed by atoms with Crippen molar-refractivity contribution in [3.8, 4) is 5.75 Å². The number of amides is 3. The molecule has 1 aliphatic rings. The minimum absolute atomic E-state index is 0.0644. The third-order valence-corrected chi connectivity index (χ3v) is 5.36. The number of hydrogen-bond donors (Lipinski definition) is 1. The molecule has 7 heteroatoms. The van der Waals surface area contributed by atoms with Crippen LogP contribution in [-0.2, 0) is 6.54 Å². The molecule has 1 aliphatic heterocycles. The van der Waals surface area contributed by atoms with E-state index in [1.165, 1.54) is 12.0 Å². The van der Waals surface area contributed by atoms with Gasteiger partial charge in [-0.2, -0.15) is 0 Å². The van der Waals surface area contributed by atoms with Crippen LogP contribution >= 0.6 is 15.9 Å². The second-order valence-corrected chi connectivity index (χ2v) is 7.65. The molecule has 1 heterocycles. The number of carbonyl (C=O) groups excluding carboxylic acids is 3. The standard InChI is InChI=1S/C23H17BrN2O4/c1-30-20-11-6-14(12-19(20)21(27)25-16-9-7-15(24)8-10-16)13-26-22(28)17-4-2-3-5-18(17)23(26)29/h2-12H,13H2,1H3,(H,25,27). The maximum Gasteiger partial charge on any atom is 0.261 e. The SMILES string of the molecule is COc1ccc(CN2C(=O)c3ccccc3C2=O)cc1C(=O)Nc1ccc(Br)cc1. The first-order chi connectivity index (χ1) is 14.5. The molecule has 0 spiro atoms. The molecule has 0 unspecified atom stereocenters. The third-order valence-electron chi connectivity index (χ3n) is 4.83. The number of halogens is 1. The van der Waals surface area contributed by atoms with Gasteiger partial charge < -0.3 is 10.1 Å². The molecule has 3 amide bonds. The highest BCUT2D eigenvalue weighted by atomic mass is 79.9. The van der Waals surface area contributed by atoms with Gasteiger partial charge >= 0.3 is 0 Å². The second kappa shape index (κ2) is 8.12. The summed E-state index contributed by atoms with van der Waals surface area (Å²) in [4.78, 5) is 39.2. The summed E-state index contributed by atoms with van der Waals surface area (Å²) in [5, 5.41) is 2.83. The van der Waals surface area contributed by atoms with Gasteiger partial charge in [-0.05, 0) is 54.1 Å². The zero-order valence-corrected chi connectivity index (χ0v) is 17.6. The molecule has 0 aromatic heterocycles. The Morgan fingerprint density at radius 3 is 2.20 bits per heavy atom. The fourth-order valence-corrected chi connectivity index (χ4v) is 3.59. The number of carbonyl (C=O) groups is 3. The van der Waals surface area contributed by atoms with Gasteiger partial charge in [0.1, 0.15) is 5.75 Å². The number of fused-ring (bicyclic) bond motifs is 1. The van der Waals surface area contributed by atoms with Crippen LogP contribution in [-0.4, -0.2) is 29.7 Å². The summed E-state index contributed by atoms with van der Waals surface area (Å²) in [6.45, 7) is 0.0644. The Kier molecular flexibility index (Phi) is 5.37. The van der Waals surface area contributed by atoms with Crippen LogP contribution in [0, 0.1) is 0 Å². The highest BCUT2D eigenvalue weighted by Crippen LogP contribution is 2.27. The maximum absolute atomic E-state index is 12.8. The highest BCUT2D eigenvalue weighted by Gasteiger charge is 2.35. The molecule has 4 rings (SSSR count). The molecule has 0 radical (unpaired) electrons. The van der Waals surface area contributed by atoms with Gasteiger partial charge in [-0.25, -0.2) is 0 Å². The van der Waals surface area contributed by atoms with E-state index in [0.717, 1.165) is 4.47 Å². The molecule has 3 aromatic rings. The Morgan fingerprint density at radius 1 is 0.967 bits per heavy atom. The van der Waals surface area contributed by atoms with E-state index < -0.39 is 0 Å². The molecular weight excluding hydrogens is 448 g/mol. The van der Waals surface area contributed by atoms with Gasteiger partial charge in [-0.15, -0.1) is 0 Å². The highest BCUT2D eigenvalue weighted by molar-refractivity contribution is 9.10. The van der Waals surface area contributed by atoms with Crippen LogP contribution in [0.25, 0.3) is 0 Å². The number of nitrogens with one attached hydrogen (secondary N) is 1. The minimum atomic E-state index is -0.349. The van der Waals surface area contributed by atoms with E-state index >= 15 is 0 Å². The maximum atomic E-state index is 12.8. The van der Waals surface area contributed by atoms with Crippen molar-refractivity contribution in [2.45, 2.75) is 6.54 Å². The average molecular weight is 465 g/mol. The Labute approximate surface area is 181 Å². The first-order valence-electron chi connectivity index (χ1n) is 9.17. The van der Waals surface area contributed by atoms with Crippen molar-refractivity contribution in [1.29, 1.82) is 0 Å². The predicted octanol–water partition coefficient (Wildman–Crippen LogP) is 4.51. The second-order valence-electron chi connectivity index (χ2n) is 6.74. The van der Waals surface area contributed by atoms with Gasteiger partial charge in [0.2, 0.25) is 0 Å².